The number of nitrogens with one attached hydrogen (secondary N) is 1. The maximum Gasteiger partial charge on any atom is 0.308 e. The maximum atomic E-state index is 13.1. The molecule has 1 N–H and O–H groups in total. The average molecular weight is 447 g/mol. The van der Waals surface area contributed by atoms with Gasteiger partial charge in [0.1, 0.15) is 11.6 Å². The minimum absolute atomic E-state index is 0.0601. The SMILES string of the molecule is COc1ccnc(C(=O)Nc2ccc3nc(Oc4ccc(F)cc4)ccc3c2)c1OC(C)=O. The van der Waals surface area contributed by atoms with E-state index in [2.05, 4.69) is 15.3 Å². The number of nitrogens with zero attached hydrogens (tertiary/aromatic N) is 2. The van der Waals surface area contributed by atoms with Gasteiger partial charge in [0.05, 0.1) is 12.6 Å². The molecule has 8 nitrogen and oxygen atoms in total. The molecule has 0 unspecified atom stereocenters. The predicted octanol–water partition coefficient (Wildman–Crippen LogP) is 4.75. The Morgan fingerprint density at radius 3 is 2.52 bits per heavy atom. The largest absolute Gasteiger partial charge is 0.493 e. The van der Waals surface area contributed by atoms with Gasteiger partial charge in [-0.2, -0.15) is 0 Å². The third-order valence-electron chi connectivity index (χ3n) is 4.51. The van der Waals surface area contributed by atoms with Gasteiger partial charge in [-0.3, -0.25) is 9.59 Å². The first-order chi connectivity index (χ1) is 15.9. The summed E-state index contributed by atoms with van der Waals surface area (Å²) in [5.41, 5.74) is 1.03. The zero-order valence-corrected chi connectivity index (χ0v) is 17.7. The summed E-state index contributed by atoms with van der Waals surface area (Å²) in [5.74, 6) is -0.581. The highest BCUT2D eigenvalue weighted by molar-refractivity contribution is 6.06. The zero-order valence-electron chi connectivity index (χ0n) is 17.7. The first-order valence-corrected chi connectivity index (χ1v) is 9.80. The normalized spacial score (nSPS) is 10.5. The smallest absolute Gasteiger partial charge is 0.308 e. The number of hydrogen-bond acceptors (Lipinski definition) is 7. The van der Waals surface area contributed by atoms with Crippen LogP contribution in [0.5, 0.6) is 23.1 Å². The number of pyridine rings is 2. The first kappa shape index (κ1) is 21.7. The van der Waals surface area contributed by atoms with Crippen molar-refractivity contribution in [2.45, 2.75) is 6.92 Å². The number of carbonyl (C=O) groups excluding carboxylic acids is 2. The number of esters is 1. The fourth-order valence-electron chi connectivity index (χ4n) is 3.05. The molecule has 0 bridgehead atoms. The van der Waals surface area contributed by atoms with Crippen LogP contribution in [0.1, 0.15) is 17.4 Å². The second kappa shape index (κ2) is 9.31. The number of amides is 1. The van der Waals surface area contributed by atoms with E-state index in [1.807, 2.05) is 0 Å². The molecule has 0 aliphatic carbocycles. The molecule has 0 saturated heterocycles. The highest BCUT2D eigenvalue weighted by atomic mass is 19.1. The fourth-order valence-corrected chi connectivity index (χ4v) is 3.05. The molecule has 0 fully saturated rings. The van der Waals surface area contributed by atoms with E-state index in [4.69, 9.17) is 14.2 Å². The molecular formula is C24H18FN3O5. The average Bonchev–Trinajstić information content (AvgIpc) is 2.80. The molecule has 4 rings (SSSR count). The second-order valence-electron chi connectivity index (χ2n) is 6.85. The van der Waals surface area contributed by atoms with Crippen LogP contribution in [0.3, 0.4) is 0 Å². The highest BCUT2D eigenvalue weighted by Crippen LogP contribution is 2.31. The number of anilines is 1. The lowest BCUT2D eigenvalue weighted by atomic mass is 10.2. The van der Waals surface area contributed by atoms with Crippen molar-refractivity contribution in [3.8, 4) is 23.1 Å². The highest BCUT2D eigenvalue weighted by Gasteiger charge is 2.21. The van der Waals surface area contributed by atoms with Crippen molar-refractivity contribution < 1.29 is 28.2 Å². The molecule has 0 aliphatic heterocycles. The minimum atomic E-state index is -0.606. The number of hydrogen-bond donors (Lipinski definition) is 1. The third kappa shape index (κ3) is 5.04. The Hall–Kier alpha value is -4.53. The number of halogens is 1. The van der Waals surface area contributed by atoms with E-state index in [1.54, 1.807) is 30.3 Å². The molecule has 33 heavy (non-hydrogen) atoms. The number of ether oxygens (including phenoxy) is 3. The van der Waals surface area contributed by atoms with E-state index in [9.17, 15) is 14.0 Å². The number of aromatic nitrogens is 2. The number of benzene rings is 2. The van der Waals surface area contributed by atoms with Gasteiger partial charge in [-0.05, 0) is 48.5 Å². The van der Waals surface area contributed by atoms with Crippen LogP contribution in [-0.4, -0.2) is 29.0 Å². The molecule has 0 spiro atoms. The zero-order chi connectivity index (χ0) is 23.4. The maximum absolute atomic E-state index is 13.1. The summed E-state index contributed by atoms with van der Waals surface area (Å²) in [5, 5.41) is 3.48. The Morgan fingerprint density at radius 1 is 1.00 bits per heavy atom. The lowest BCUT2D eigenvalue weighted by Gasteiger charge is -2.12. The number of carbonyl (C=O) groups is 2. The molecule has 1 amide bonds. The monoisotopic (exact) mass is 447 g/mol. The summed E-state index contributed by atoms with van der Waals surface area (Å²) >= 11 is 0. The van der Waals surface area contributed by atoms with Crippen molar-refractivity contribution in [2.75, 3.05) is 12.4 Å². The molecule has 166 valence electrons. The van der Waals surface area contributed by atoms with E-state index < -0.39 is 11.9 Å². The Balaban J connectivity index is 1.55. The van der Waals surface area contributed by atoms with E-state index in [0.29, 0.717) is 22.8 Å². The van der Waals surface area contributed by atoms with Crippen molar-refractivity contribution in [2.24, 2.45) is 0 Å². The van der Waals surface area contributed by atoms with E-state index in [-0.39, 0.29) is 23.0 Å². The van der Waals surface area contributed by atoms with Gasteiger partial charge in [0.15, 0.2) is 11.4 Å². The Labute approximate surface area is 188 Å². The molecule has 0 atom stereocenters. The lowest BCUT2D eigenvalue weighted by molar-refractivity contribution is -0.132. The molecule has 0 aliphatic rings. The van der Waals surface area contributed by atoms with Crippen LogP contribution in [0.2, 0.25) is 0 Å². The van der Waals surface area contributed by atoms with E-state index >= 15 is 0 Å². The number of rotatable bonds is 6. The standard InChI is InChI=1S/C24H18FN3O5/c1-14(29)32-23-20(31-2)11-12-26-22(23)24(30)27-17-6-9-19-15(13-17)3-10-21(28-19)33-18-7-4-16(25)5-8-18/h3-13H,1-2H3,(H,27,30). The molecule has 2 heterocycles. The summed E-state index contributed by atoms with van der Waals surface area (Å²) in [6.45, 7) is 1.22. The van der Waals surface area contributed by atoms with Crippen molar-refractivity contribution in [3.63, 3.8) is 0 Å². The second-order valence-corrected chi connectivity index (χ2v) is 6.85. The van der Waals surface area contributed by atoms with Crippen LogP contribution in [0, 0.1) is 5.82 Å². The van der Waals surface area contributed by atoms with E-state index in [1.165, 1.54) is 50.6 Å². The molecular weight excluding hydrogens is 429 g/mol. The number of fused-ring (bicyclic) bond motifs is 1. The van der Waals surface area contributed by atoms with Gasteiger partial charge in [0.25, 0.3) is 5.91 Å². The van der Waals surface area contributed by atoms with Gasteiger partial charge in [0.2, 0.25) is 11.6 Å². The summed E-state index contributed by atoms with van der Waals surface area (Å²) in [4.78, 5) is 32.7. The molecule has 2 aromatic heterocycles. The summed E-state index contributed by atoms with van der Waals surface area (Å²) in [6.07, 6.45) is 1.38. The fraction of sp³-hybridized carbons (Fsp3) is 0.0833. The van der Waals surface area contributed by atoms with Crippen molar-refractivity contribution in [1.82, 2.24) is 9.97 Å². The van der Waals surface area contributed by atoms with Crippen LogP contribution in [-0.2, 0) is 4.79 Å². The molecule has 0 radical (unpaired) electrons. The summed E-state index contributed by atoms with van der Waals surface area (Å²) in [7, 11) is 1.40. The lowest BCUT2D eigenvalue weighted by Crippen LogP contribution is -2.17. The van der Waals surface area contributed by atoms with Gasteiger partial charge in [-0.1, -0.05) is 0 Å². The Morgan fingerprint density at radius 2 is 1.79 bits per heavy atom. The summed E-state index contributed by atoms with van der Waals surface area (Å²) < 4.78 is 29.0. The van der Waals surface area contributed by atoms with Crippen LogP contribution < -0.4 is 19.5 Å². The van der Waals surface area contributed by atoms with Gasteiger partial charge >= 0.3 is 5.97 Å². The Kier molecular flexibility index (Phi) is 6.12. The van der Waals surface area contributed by atoms with Gasteiger partial charge in [-0.25, -0.2) is 14.4 Å². The predicted molar refractivity (Wildman–Crippen MR) is 118 cm³/mol. The van der Waals surface area contributed by atoms with Crippen LogP contribution in [0.4, 0.5) is 10.1 Å². The Bertz CT molecular complexity index is 1340. The van der Waals surface area contributed by atoms with Gasteiger partial charge in [0, 0.05) is 36.3 Å². The molecule has 2 aromatic carbocycles. The molecule has 4 aromatic rings. The first-order valence-electron chi connectivity index (χ1n) is 9.80. The molecule has 0 saturated carbocycles. The van der Waals surface area contributed by atoms with Crippen molar-refractivity contribution in [1.29, 1.82) is 0 Å². The van der Waals surface area contributed by atoms with Crippen LogP contribution in [0.15, 0.2) is 66.9 Å². The van der Waals surface area contributed by atoms with Crippen LogP contribution >= 0.6 is 0 Å². The van der Waals surface area contributed by atoms with Crippen molar-refractivity contribution in [3.05, 3.63) is 78.4 Å². The van der Waals surface area contributed by atoms with E-state index in [0.717, 1.165) is 5.39 Å². The van der Waals surface area contributed by atoms with Crippen LogP contribution in [0.25, 0.3) is 10.9 Å². The van der Waals surface area contributed by atoms with Gasteiger partial charge < -0.3 is 19.5 Å². The number of methoxy groups -OCH3 is 1. The van der Waals surface area contributed by atoms with Crippen molar-refractivity contribution >= 4 is 28.5 Å². The molecule has 9 heteroatoms. The third-order valence-corrected chi connectivity index (χ3v) is 4.51. The topological polar surface area (TPSA) is 99.6 Å². The summed E-state index contributed by atoms with van der Waals surface area (Å²) in [6, 6.07) is 15.7. The quantitative estimate of drug-likeness (QED) is 0.426. The van der Waals surface area contributed by atoms with Gasteiger partial charge in [-0.15, -0.1) is 0 Å². The minimum Gasteiger partial charge on any atom is -0.493 e.